The van der Waals surface area contributed by atoms with Crippen molar-refractivity contribution >= 4 is 11.7 Å². The Morgan fingerprint density at radius 2 is 1.77 bits per heavy atom. The number of hydrogen-bond donors (Lipinski definition) is 0. The van der Waals surface area contributed by atoms with E-state index >= 15 is 0 Å². The van der Waals surface area contributed by atoms with Crippen LogP contribution in [0.5, 0.6) is 0 Å². The Hall–Kier alpha value is -2.43. The molecule has 22 heavy (non-hydrogen) atoms. The number of rotatable bonds is 3. The zero-order valence-electron chi connectivity index (χ0n) is 12.8. The molecule has 2 aromatic heterocycles. The highest BCUT2D eigenvalue weighted by Gasteiger charge is 2.20. The largest absolute Gasteiger partial charge is 0.353 e. The van der Waals surface area contributed by atoms with E-state index in [1.165, 1.54) is 0 Å². The van der Waals surface area contributed by atoms with Crippen molar-refractivity contribution < 1.29 is 4.79 Å². The number of hydrogen-bond acceptors (Lipinski definition) is 4. The van der Waals surface area contributed by atoms with Crippen LogP contribution in [0, 0.1) is 0 Å². The van der Waals surface area contributed by atoms with E-state index in [9.17, 15) is 4.79 Å². The third-order valence-corrected chi connectivity index (χ3v) is 4.02. The molecule has 1 fully saturated rings. The summed E-state index contributed by atoms with van der Waals surface area (Å²) in [5, 5.41) is 0. The summed E-state index contributed by atoms with van der Waals surface area (Å²) in [6.45, 7) is 5.15. The van der Waals surface area contributed by atoms with Gasteiger partial charge in [-0.3, -0.25) is 9.78 Å². The Kier molecular flexibility index (Phi) is 4.32. The average Bonchev–Trinajstić information content (AvgIpc) is 2.62. The lowest BCUT2D eigenvalue weighted by molar-refractivity contribution is -0.131. The first-order valence-electron chi connectivity index (χ1n) is 7.67. The van der Waals surface area contributed by atoms with Crippen LogP contribution in [0.3, 0.4) is 0 Å². The Labute approximate surface area is 130 Å². The lowest BCUT2D eigenvalue weighted by Crippen LogP contribution is -2.48. The van der Waals surface area contributed by atoms with Gasteiger partial charge in [0.25, 0.3) is 0 Å². The summed E-state index contributed by atoms with van der Waals surface area (Å²) in [6.07, 6.45) is 6.05. The topological polar surface area (TPSA) is 49.3 Å². The zero-order valence-corrected chi connectivity index (χ0v) is 12.8. The van der Waals surface area contributed by atoms with Crippen molar-refractivity contribution in [2.45, 2.75) is 13.3 Å². The normalized spacial score (nSPS) is 15.0. The maximum absolute atomic E-state index is 11.7. The van der Waals surface area contributed by atoms with Gasteiger partial charge in [-0.05, 0) is 29.8 Å². The first kappa shape index (κ1) is 14.5. The average molecular weight is 296 g/mol. The van der Waals surface area contributed by atoms with Gasteiger partial charge in [-0.1, -0.05) is 6.92 Å². The molecule has 1 aliphatic rings. The smallest absolute Gasteiger partial charge is 0.222 e. The van der Waals surface area contributed by atoms with E-state index in [0.717, 1.165) is 43.1 Å². The van der Waals surface area contributed by atoms with E-state index in [0.29, 0.717) is 6.42 Å². The Morgan fingerprint density at radius 3 is 2.36 bits per heavy atom. The molecular formula is C17H20N4O. The van der Waals surface area contributed by atoms with Gasteiger partial charge in [0.1, 0.15) is 5.82 Å². The predicted octanol–water partition coefficient (Wildman–Crippen LogP) is 2.20. The second-order valence-corrected chi connectivity index (χ2v) is 5.36. The fraction of sp³-hybridized carbons (Fsp3) is 0.353. The highest BCUT2D eigenvalue weighted by atomic mass is 16.2. The maximum atomic E-state index is 11.7. The van der Waals surface area contributed by atoms with Crippen LogP contribution in [0.1, 0.15) is 13.3 Å². The first-order valence-corrected chi connectivity index (χ1v) is 7.67. The predicted molar refractivity (Wildman–Crippen MR) is 86.6 cm³/mol. The summed E-state index contributed by atoms with van der Waals surface area (Å²) in [4.78, 5) is 24.5. The van der Waals surface area contributed by atoms with E-state index in [1.807, 2.05) is 36.2 Å². The molecule has 0 N–H and O–H groups in total. The number of pyridine rings is 2. The number of nitrogens with zero attached hydrogens (tertiary/aromatic N) is 4. The van der Waals surface area contributed by atoms with Gasteiger partial charge in [-0.15, -0.1) is 0 Å². The van der Waals surface area contributed by atoms with Gasteiger partial charge < -0.3 is 9.80 Å². The van der Waals surface area contributed by atoms with E-state index in [2.05, 4.69) is 20.9 Å². The van der Waals surface area contributed by atoms with Gasteiger partial charge in [-0.2, -0.15) is 0 Å². The van der Waals surface area contributed by atoms with Gasteiger partial charge in [0.15, 0.2) is 0 Å². The lowest BCUT2D eigenvalue weighted by atomic mass is 10.1. The first-order chi connectivity index (χ1) is 10.8. The number of amides is 1. The number of carbonyl (C=O) groups is 1. The van der Waals surface area contributed by atoms with Gasteiger partial charge in [0.2, 0.25) is 5.91 Å². The minimum absolute atomic E-state index is 0.237. The molecule has 0 aromatic carbocycles. The summed E-state index contributed by atoms with van der Waals surface area (Å²) in [5.41, 5.74) is 2.21. The van der Waals surface area contributed by atoms with Crippen LogP contribution < -0.4 is 4.90 Å². The molecule has 5 nitrogen and oxygen atoms in total. The SMILES string of the molecule is CCC(=O)N1CCN(c2ccc(-c3ccncc3)cn2)CC1. The van der Waals surface area contributed by atoms with Crippen LogP contribution in [-0.4, -0.2) is 47.0 Å². The molecule has 1 saturated heterocycles. The highest BCUT2D eigenvalue weighted by molar-refractivity contribution is 5.76. The molecular weight excluding hydrogens is 276 g/mol. The third kappa shape index (κ3) is 3.08. The van der Waals surface area contributed by atoms with Crippen molar-refractivity contribution in [1.82, 2.24) is 14.9 Å². The molecule has 0 bridgehead atoms. The molecule has 0 aliphatic carbocycles. The second kappa shape index (κ2) is 6.56. The summed E-state index contributed by atoms with van der Waals surface area (Å²) in [6, 6.07) is 8.09. The minimum Gasteiger partial charge on any atom is -0.353 e. The van der Waals surface area contributed by atoms with Crippen molar-refractivity contribution in [2.24, 2.45) is 0 Å². The molecule has 1 aliphatic heterocycles. The quantitative estimate of drug-likeness (QED) is 0.871. The molecule has 2 aromatic rings. The van der Waals surface area contributed by atoms with E-state index in [1.54, 1.807) is 12.4 Å². The van der Waals surface area contributed by atoms with Crippen LogP contribution in [0.25, 0.3) is 11.1 Å². The van der Waals surface area contributed by atoms with Crippen molar-refractivity contribution in [2.75, 3.05) is 31.1 Å². The second-order valence-electron chi connectivity index (χ2n) is 5.36. The summed E-state index contributed by atoms with van der Waals surface area (Å²) in [5.74, 6) is 1.21. The van der Waals surface area contributed by atoms with Crippen molar-refractivity contribution in [1.29, 1.82) is 0 Å². The molecule has 0 spiro atoms. The molecule has 1 amide bonds. The summed E-state index contributed by atoms with van der Waals surface area (Å²) < 4.78 is 0. The van der Waals surface area contributed by atoms with Crippen LogP contribution in [-0.2, 0) is 4.79 Å². The molecule has 0 radical (unpaired) electrons. The Morgan fingerprint density at radius 1 is 1.05 bits per heavy atom. The van der Waals surface area contributed by atoms with Crippen molar-refractivity contribution in [3.8, 4) is 11.1 Å². The highest BCUT2D eigenvalue weighted by Crippen LogP contribution is 2.21. The van der Waals surface area contributed by atoms with Gasteiger partial charge in [0.05, 0.1) is 0 Å². The third-order valence-electron chi connectivity index (χ3n) is 4.02. The van der Waals surface area contributed by atoms with Gasteiger partial charge in [0, 0.05) is 56.8 Å². The zero-order chi connectivity index (χ0) is 15.4. The van der Waals surface area contributed by atoms with Crippen molar-refractivity contribution in [3.63, 3.8) is 0 Å². The molecule has 0 atom stereocenters. The number of aromatic nitrogens is 2. The number of piperazine rings is 1. The Bertz CT molecular complexity index is 619. The maximum Gasteiger partial charge on any atom is 0.222 e. The van der Waals surface area contributed by atoms with Crippen LogP contribution in [0.4, 0.5) is 5.82 Å². The van der Waals surface area contributed by atoms with E-state index in [4.69, 9.17) is 0 Å². The number of carbonyl (C=O) groups excluding carboxylic acids is 1. The lowest BCUT2D eigenvalue weighted by Gasteiger charge is -2.35. The van der Waals surface area contributed by atoms with E-state index < -0.39 is 0 Å². The summed E-state index contributed by atoms with van der Waals surface area (Å²) in [7, 11) is 0. The molecule has 0 unspecified atom stereocenters. The molecule has 114 valence electrons. The van der Waals surface area contributed by atoms with Crippen LogP contribution in [0.2, 0.25) is 0 Å². The monoisotopic (exact) mass is 296 g/mol. The summed E-state index contributed by atoms with van der Waals surface area (Å²) >= 11 is 0. The minimum atomic E-state index is 0.237. The molecule has 3 heterocycles. The fourth-order valence-corrected chi connectivity index (χ4v) is 2.70. The molecule has 3 rings (SSSR count). The molecule has 0 saturated carbocycles. The standard InChI is InChI=1S/C17H20N4O/c1-2-17(22)21-11-9-20(10-12-21)16-4-3-15(13-19-16)14-5-7-18-8-6-14/h3-8,13H,2,9-12H2,1H3. The van der Waals surface area contributed by atoms with Crippen molar-refractivity contribution in [3.05, 3.63) is 42.9 Å². The Balaban J connectivity index is 1.66. The van der Waals surface area contributed by atoms with Crippen LogP contribution in [0.15, 0.2) is 42.9 Å². The fourth-order valence-electron chi connectivity index (χ4n) is 2.70. The van der Waals surface area contributed by atoms with E-state index in [-0.39, 0.29) is 5.91 Å². The molecule has 5 heteroatoms. The van der Waals surface area contributed by atoms with Gasteiger partial charge >= 0.3 is 0 Å². The van der Waals surface area contributed by atoms with Crippen LogP contribution >= 0.6 is 0 Å². The van der Waals surface area contributed by atoms with Gasteiger partial charge in [-0.25, -0.2) is 4.98 Å². The number of anilines is 1.